The van der Waals surface area contributed by atoms with E-state index in [1.54, 1.807) is 18.2 Å². The highest BCUT2D eigenvalue weighted by atomic mass is 19.4. The lowest BCUT2D eigenvalue weighted by molar-refractivity contribution is -0.192. The summed E-state index contributed by atoms with van der Waals surface area (Å²) in [7, 11) is 0. The van der Waals surface area contributed by atoms with Crippen molar-refractivity contribution in [3.63, 3.8) is 0 Å². The van der Waals surface area contributed by atoms with Crippen LogP contribution >= 0.6 is 0 Å². The first kappa shape index (κ1) is 28.4. The minimum absolute atomic E-state index is 0.219. The first-order valence-corrected chi connectivity index (χ1v) is 12.5. The molecule has 0 bridgehead atoms. The van der Waals surface area contributed by atoms with Crippen LogP contribution in [0.1, 0.15) is 39.9 Å². The van der Waals surface area contributed by atoms with Crippen LogP contribution in [0.5, 0.6) is 0 Å². The van der Waals surface area contributed by atoms with E-state index in [-0.39, 0.29) is 5.91 Å². The molecule has 40 heavy (non-hydrogen) atoms. The van der Waals surface area contributed by atoms with Gasteiger partial charge in [-0.2, -0.15) is 13.2 Å². The van der Waals surface area contributed by atoms with E-state index in [9.17, 15) is 22.8 Å². The van der Waals surface area contributed by atoms with Crippen molar-refractivity contribution >= 4 is 40.4 Å². The quantitative estimate of drug-likeness (QED) is 0.321. The molecule has 5 rings (SSSR count). The number of carboxylic acids is 1. The maximum Gasteiger partial charge on any atom is 0.490 e. The molecule has 0 aromatic heterocycles. The number of nitrogens with zero attached hydrogens (tertiary/aromatic N) is 1. The molecule has 11 heteroatoms. The Hall–Kier alpha value is -4.64. The molecule has 0 spiro atoms. The maximum atomic E-state index is 13.0. The van der Waals surface area contributed by atoms with Crippen molar-refractivity contribution < 1.29 is 32.7 Å². The summed E-state index contributed by atoms with van der Waals surface area (Å²) >= 11 is 0. The molecule has 0 radical (unpaired) electrons. The first-order valence-electron chi connectivity index (χ1n) is 12.5. The van der Waals surface area contributed by atoms with Crippen molar-refractivity contribution in [1.29, 1.82) is 0 Å². The van der Waals surface area contributed by atoms with E-state index < -0.39 is 18.1 Å². The number of primary amides is 1. The number of carbonyl (C=O) groups is 3. The number of nitrogens with two attached hydrogens (primary N) is 1. The fraction of sp³-hybridized carbons (Fsp3) is 0.207. The van der Waals surface area contributed by atoms with Crippen LogP contribution in [0.15, 0.2) is 72.8 Å². The number of halogens is 3. The molecule has 8 nitrogen and oxygen atoms in total. The number of hydrogen-bond acceptors (Lipinski definition) is 5. The smallest absolute Gasteiger partial charge is 0.475 e. The topological polar surface area (TPSA) is 125 Å². The van der Waals surface area contributed by atoms with Crippen LogP contribution in [0.2, 0.25) is 0 Å². The van der Waals surface area contributed by atoms with Gasteiger partial charge < -0.3 is 21.5 Å². The number of amides is 2. The van der Waals surface area contributed by atoms with E-state index in [0.717, 1.165) is 36.4 Å². The highest BCUT2D eigenvalue weighted by Crippen LogP contribution is 2.38. The standard InChI is InChI=1S/C27H26N4O2.C2HF3O2/c28-26(32)20-10-13-22-23(16-20)30-27(33)24(22)25(19-6-2-1-3-7-19)29-21-11-8-18(9-12-21)17-31-14-4-5-15-31;3-2(4,5)1(6)7/h1-3,6-13,16,29H,4-5,14-15,17H2,(H2,28,32)(H,30,33);(H,6,7). The molecule has 2 aliphatic rings. The van der Waals surface area contributed by atoms with Crippen LogP contribution in [0.4, 0.5) is 24.5 Å². The van der Waals surface area contributed by atoms with Crippen LogP contribution in [0.25, 0.3) is 11.3 Å². The Labute approximate surface area is 228 Å². The molecule has 0 saturated carbocycles. The summed E-state index contributed by atoms with van der Waals surface area (Å²) in [5.41, 5.74) is 11.4. The van der Waals surface area contributed by atoms with Crippen molar-refractivity contribution in [3.05, 3.63) is 95.1 Å². The molecule has 2 heterocycles. The first-order chi connectivity index (χ1) is 19.0. The lowest BCUT2D eigenvalue weighted by Gasteiger charge is -2.17. The third kappa shape index (κ3) is 6.86. The summed E-state index contributed by atoms with van der Waals surface area (Å²) in [5, 5.41) is 13.5. The lowest BCUT2D eigenvalue weighted by Crippen LogP contribution is -2.21. The second-order valence-corrected chi connectivity index (χ2v) is 9.30. The Morgan fingerprint density at radius 1 is 0.950 bits per heavy atom. The average molecular weight is 553 g/mol. The minimum Gasteiger partial charge on any atom is -0.475 e. The van der Waals surface area contributed by atoms with Crippen LogP contribution < -0.4 is 16.4 Å². The van der Waals surface area contributed by atoms with Gasteiger partial charge in [-0.15, -0.1) is 0 Å². The highest BCUT2D eigenvalue weighted by Gasteiger charge is 2.38. The Morgan fingerprint density at radius 3 is 2.15 bits per heavy atom. The van der Waals surface area contributed by atoms with Gasteiger partial charge in [-0.3, -0.25) is 14.5 Å². The normalized spacial score (nSPS) is 15.9. The summed E-state index contributed by atoms with van der Waals surface area (Å²) in [6.45, 7) is 3.29. The Balaban J connectivity index is 0.000000470. The van der Waals surface area contributed by atoms with Gasteiger partial charge in [0, 0.05) is 29.0 Å². The number of carboxylic acid groups (broad SMARTS) is 1. The fourth-order valence-electron chi connectivity index (χ4n) is 4.49. The largest absolute Gasteiger partial charge is 0.490 e. The van der Waals surface area contributed by atoms with Gasteiger partial charge in [-0.05, 0) is 61.3 Å². The molecule has 208 valence electrons. The van der Waals surface area contributed by atoms with E-state index >= 15 is 0 Å². The SMILES string of the molecule is NC(=O)c1ccc2c(c1)NC(=O)C2=C(Nc1ccc(CN2CCCC2)cc1)c1ccccc1.O=C(O)C(F)(F)F. The number of aliphatic carboxylic acids is 1. The van der Waals surface area contributed by atoms with E-state index in [2.05, 4.69) is 39.8 Å². The number of benzene rings is 3. The number of nitrogens with one attached hydrogen (secondary N) is 2. The zero-order chi connectivity index (χ0) is 28.9. The molecule has 5 N–H and O–H groups in total. The third-order valence-corrected chi connectivity index (χ3v) is 6.43. The Kier molecular flexibility index (Phi) is 8.54. The number of likely N-dealkylation sites (tertiary alicyclic amines) is 1. The molecule has 3 aromatic carbocycles. The van der Waals surface area contributed by atoms with Crippen LogP contribution in [-0.2, 0) is 16.1 Å². The van der Waals surface area contributed by atoms with Crippen molar-refractivity contribution in [1.82, 2.24) is 4.90 Å². The van der Waals surface area contributed by atoms with Crippen LogP contribution in [0.3, 0.4) is 0 Å². The summed E-state index contributed by atoms with van der Waals surface area (Å²) in [6.07, 6.45) is -2.53. The Morgan fingerprint density at radius 2 is 1.57 bits per heavy atom. The molecule has 3 aromatic rings. The lowest BCUT2D eigenvalue weighted by atomic mass is 9.99. The summed E-state index contributed by atoms with van der Waals surface area (Å²) in [5.74, 6) is -3.50. The summed E-state index contributed by atoms with van der Waals surface area (Å²) < 4.78 is 31.7. The van der Waals surface area contributed by atoms with E-state index in [4.69, 9.17) is 15.6 Å². The Bertz CT molecular complexity index is 1430. The van der Waals surface area contributed by atoms with Gasteiger partial charge >= 0.3 is 12.1 Å². The number of fused-ring (bicyclic) bond motifs is 1. The zero-order valence-corrected chi connectivity index (χ0v) is 21.3. The van der Waals surface area contributed by atoms with Gasteiger partial charge in [-0.1, -0.05) is 48.5 Å². The van der Waals surface area contributed by atoms with E-state index in [0.29, 0.717) is 22.5 Å². The molecule has 0 aliphatic carbocycles. The number of hydrogen-bond donors (Lipinski definition) is 4. The summed E-state index contributed by atoms with van der Waals surface area (Å²) in [4.78, 5) is 36.0. The number of anilines is 2. The summed E-state index contributed by atoms with van der Waals surface area (Å²) in [6, 6.07) is 23.2. The molecule has 2 amide bonds. The van der Waals surface area contributed by atoms with Gasteiger partial charge in [0.15, 0.2) is 0 Å². The predicted octanol–water partition coefficient (Wildman–Crippen LogP) is 4.95. The van der Waals surface area contributed by atoms with E-state index in [1.165, 1.54) is 18.4 Å². The van der Waals surface area contributed by atoms with Gasteiger partial charge in [0.25, 0.3) is 5.91 Å². The monoisotopic (exact) mass is 552 g/mol. The van der Waals surface area contributed by atoms with Crippen molar-refractivity contribution in [2.75, 3.05) is 23.7 Å². The predicted molar refractivity (Wildman–Crippen MR) is 145 cm³/mol. The van der Waals surface area contributed by atoms with Crippen LogP contribution in [-0.4, -0.2) is 47.1 Å². The van der Waals surface area contributed by atoms with E-state index in [1.807, 2.05) is 30.3 Å². The van der Waals surface area contributed by atoms with Gasteiger partial charge in [0.2, 0.25) is 5.91 Å². The van der Waals surface area contributed by atoms with Gasteiger partial charge in [0.1, 0.15) is 0 Å². The molecule has 1 fully saturated rings. The van der Waals surface area contributed by atoms with Crippen molar-refractivity contribution in [2.45, 2.75) is 25.6 Å². The number of carbonyl (C=O) groups excluding carboxylic acids is 2. The van der Waals surface area contributed by atoms with Gasteiger partial charge in [-0.25, -0.2) is 4.79 Å². The highest BCUT2D eigenvalue weighted by molar-refractivity contribution is 6.37. The fourth-order valence-corrected chi connectivity index (χ4v) is 4.49. The van der Waals surface area contributed by atoms with Crippen molar-refractivity contribution in [3.8, 4) is 0 Å². The third-order valence-electron chi connectivity index (χ3n) is 6.43. The second-order valence-electron chi connectivity index (χ2n) is 9.30. The number of alkyl halides is 3. The maximum absolute atomic E-state index is 13.0. The number of rotatable bonds is 6. The minimum atomic E-state index is -5.08. The molecule has 1 saturated heterocycles. The molecule has 2 aliphatic heterocycles. The zero-order valence-electron chi connectivity index (χ0n) is 21.3. The molecular weight excluding hydrogens is 525 g/mol. The van der Waals surface area contributed by atoms with Crippen LogP contribution in [0, 0.1) is 0 Å². The molecule has 0 atom stereocenters. The van der Waals surface area contributed by atoms with Gasteiger partial charge in [0.05, 0.1) is 11.3 Å². The second kappa shape index (κ2) is 12.0. The average Bonchev–Trinajstić information content (AvgIpc) is 3.55. The molecular formula is C29H27F3N4O4. The molecule has 0 unspecified atom stereocenters. The van der Waals surface area contributed by atoms with Crippen molar-refractivity contribution in [2.24, 2.45) is 5.73 Å².